The molecule has 0 saturated heterocycles. The molecule has 3 N–H and O–H groups in total. The molecule has 0 bridgehead atoms. The van der Waals surface area contributed by atoms with Crippen LogP contribution in [0.3, 0.4) is 0 Å². The van der Waals surface area contributed by atoms with Gasteiger partial charge in [0.2, 0.25) is 11.7 Å². The van der Waals surface area contributed by atoms with Gasteiger partial charge >= 0.3 is 6.03 Å². The maximum atomic E-state index is 12.2. The Hall–Kier alpha value is -3.13. The molecule has 8 nitrogen and oxygen atoms in total. The highest BCUT2D eigenvalue weighted by Crippen LogP contribution is 2.39. The number of carbonyl (C=O) groups excluding carboxylic acids is 2. The molecule has 0 aliphatic heterocycles. The van der Waals surface area contributed by atoms with Crippen LogP contribution in [-0.2, 0) is 4.79 Å². The first-order valence-corrected chi connectivity index (χ1v) is 9.15. The Balaban J connectivity index is 1.93. The first kappa shape index (κ1) is 22.2. The summed E-state index contributed by atoms with van der Waals surface area (Å²) in [4.78, 5) is 24.1. The SMILES string of the molecule is COc1cc(C(C)NC(=O)NCC(=O)Nc2ccc(Cl)cc2)cc(OC)c1OC. The minimum atomic E-state index is -0.488. The van der Waals surface area contributed by atoms with Gasteiger partial charge in [0, 0.05) is 10.7 Å². The summed E-state index contributed by atoms with van der Waals surface area (Å²) in [6.45, 7) is 1.62. The molecule has 1 atom stereocenters. The number of anilines is 1. The summed E-state index contributed by atoms with van der Waals surface area (Å²) >= 11 is 5.80. The molecular formula is C20H24ClN3O5. The van der Waals surface area contributed by atoms with E-state index in [1.54, 1.807) is 43.3 Å². The zero-order valence-corrected chi connectivity index (χ0v) is 17.4. The molecule has 156 valence electrons. The Morgan fingerprint density at radius 1 is 1.00 bits per heavy atom. The van der Waals surface area contributed by atoms with Crippen molar-refractivity contribution in [2.24, 2.45) is 0 Å². The molecule has 0 spiro atoms. The third kappa shape index (κ3) is 6.18. The number of hydrogen-bond acceptors (Lipinski definition) is 5. The Bertz CT molecular complexity index is 833. The van der Waals surface area contributed by atoms with E-state index in [0.717, 1.165) is 5.56 Å². The maximum absolute atomic E-state index is 12.2. The first-order chi connectivity index (χ1) is 13.9. The lowest BCUT2D eigenvalue weighted by Crippen LogP contribution is -2.41. The zero-order chi connectivity index (χ0) is 21.4. The lowest BCUT2D eigenvalue weighted by molar-refractivity contribution is -0.115. The van der Waals surface area contributed by atoms with Crippen LogP contribution in [0.2, 0.25) is 5.02 Å². The largest absolute Gasteiger partial charge is 0.493 e. The van der Waals surface area contributed by atoms with Crippen LogP contribution in [-0.4, -0.2) is 39.8 Å². The monoisotopic (exact) mass is 421 g/mol. The normalized spacial score (nSPS) is 11.2. The fraction of sp³-hybridized carbons (Fsp3) is 0.300. The predicted octanol–water partition coefficient (Wildman–Crippen LogP) is 3.36. The molecule has 29 heavy (non-hydrogen) atoms. The standard InChI is InChI=1S/C20H24ClN3O5/c1-12(13-9-16(27-2)19(29-4)17(10-13)28-3)23-20(26)22-11-18(25)24-15-7-5-14(21)6-8-15/h5-10,12H,11H2,1-4H3,(H,24,25)(H2,22,23,26). The Morgan fingerprint density at radius 2 is 1.59 bits per heavy atom. The second-order valence-corrected chi connectivity index (χ2v) is 6.50. The molecule has 0 fully saturated rings. The summed E-state index contributed by atoms with van der Waals surface area (Å²) < 4.78 is 15.9. The quantitative estimate of drug-likeness (QED) is 0.607. The Labute approximate surface area is 174 Å². The van der Waals surface area contributed by atoms with Gasteiger partial charge in [-0.25, -0.2) is 4.79 Å². The summed E-state index contributed by atoms with van der Waals surface area (Å²) in [6.07, 6.45) is 0. The smallest absolute Gasteiger partial charge is 0.315 e. The van der Waals surface area contributed by atoms with Gasteiger partial charge in [0.15, 0.2) is 11.5 Å². The molecule has 2 aromatic rings. The number of carbonyl (C=O) groups is 2. The molecule has 0 aliphatic carbocycles. The lowest BCUT2D eigenvalue weighted by Gasteiger charge is -2.19. The van der Waals surface area contributed by atoms with Gasteiger partial charge in [-0.05, 0) is 48.9 Å². The molecule has 2 aromatic carbocycles. The van der Waals surface area contributed by atoms with E-state index in [1.807, 2.05) is 0 Å². The molecule has 0 radical (unpaired) electrons. The molecule has 2 rings (SSSR count). The Kier molecular flexibility index (Phi) is 7.97. The minimum absolute atomic E-state index is 0.184. The number of rotatable bonds is 8. The number of hydrogen-bond donors (Lipinski definition) is 3. The number of halogens is 1. The van der Waals surface area contributed by atoms with Gasteiger partial charge in [-0.2, -0.15) is 0 Å². The number of urea groups is 1. The third-order valence-electron chi connectivity index (χ3n) is 4.07. The predicted molar refractivity (Wildman–Crippen MR) is 111 cm³/mol. The highest BCUT2D eigenvalue weighted by Gasteiger charge is 2.18. The summed E-state index contributed by atoms with van der Waals surface area (Å²) in [7, 11) is 4.56. The van der Waals surface area contributed by atoms with Crippen LogP contribution in [0.4, 0.5) is 10.5 Å². The molecule has 0 aromatic heterocycles. The molecule has 9 heteroatoms. The van der Waals surface area contributed by atoms with Crippen molar-refractivity contribution in [3.05, 3.63) is 47.0 Å². The van der Waals surface area contributed by atoms with Crippen LogP contribution in [0, 0.1) is 0 Å². The second kappa shape index (κ2) is 10.4. The van der Waals surface area contributed by atoms with Crippen LogP contribution in [0.15, 0.2) is 36.4 Å². The van der Waals surface area contributed by atoms with Gasteiger partial charge in [0.25, 0.3) is 0 Å². The van der Waals surface area contributed by atoms with Crippen LogP contribution in [0.1, 0.15) is 18.5 Å². The molecule has 3 amide bonds. The molecule has 0 saturated carbocycles. The lowest BCUT2D eigenvalue weighted by atomic mass is 10.1. The van der Waals surface area contributed by atoms with Gasteiger partial charge in [0.1, 0.15) is 0 Å². The van der Waals surface area contributed by atoms with Gasteiger partial charge in [0.05, 0.1) is 33.9 Å². The van der Waals surface area contributed by atoms with Crippen molar-refractivity contribution in [1.29, 1.82) is 0 Å². The fourth-order valence-corrected chi connectivity index (χ4v) is 2.71. The van der Waals surface area contributed by atoms with Crippen molar-refractivity contribution >= 4 is 29.2 Å². The molecular weight excluding hydrogens is 398 g/mol. The minimum Gasteiger partial charge on any atom is -0.493 e. The molecule has 0 aliphatic rings. The highest BCUT2D eigenvalue weighted by molar-refractivity contribution is 6.30. The van der Waals surface area contributed by atoms with Gasteiger partial charge in [-0.15, -0.1) is 0 Å². The topological polar surface area (TPSA) is 97.9 Å². The van der Waals surface area contributed by atoms with E-state index in [1.165, 1.54) is 21.3 Å². The van der Waals surface area contributed by atoms with E-state index in [0.29, 0.717) is 28.0 Å². The maximum Gasteiger partial charge on any atom is 0.315 e. The van der Waals surface area contributed by atoms with Gasteiger partial charge in [-0.1, -0.05) is 11.6 Å². The van der Waals surface area contributed by atoms with Crippen molar-refractivity contribution in [3.8, 4) is 17.2 Å². The Morgan fingerprint density at radius 3 is 2.10 bits per heavy atom. The van der Waals surface area contributed by atoms with E-state index < -0.39 is 6.03 Å². The van der Waals surface area contributed by atoms with Crippen LogP contribution >= 0.6 is 11.6 Å². The summed E-state index contributed by atoms with van der Waals surface area (Å²) in [6, 6.07) is 9.31. The van der Waals surface area contributed by atoms with E-state index in [2.05, 4.69) is 16.0 Å². The van der Waals surface area contributed by atoms with Crippen molar-refractivity contribution < 1.29 is 23.8 Å². The van der Waals surface area contributed by atoms with Crippen LogP contribution in [0.5, 0.6) is 17.2 Å². The zero-order valence-electron chi connectivity index (χ0n) is 16.7. The van der Waals surface area contributed by atoms with Gasteiger partial charge < -0.3 is 30.2 Å². The second-order valence-electron chi connectivity index (χ2n) is 6.06. The van der Waals surface area contributed by atoms with E-state index in [-0.39, 0.29) is 18.5 Å². The number of ether oxygens (including phenoxy) is 3. The molecule has 0 heterocycles. The first-order valence-electron chi connectivity index (χ1n) is 8.77. The summed E-state index contributed by atoms with van der Waals surface area (Å²) in [5.41, 5.74) is 1.34. The van der Waals surface area contributed by atoms with Crippen molar-refractivity contribution in [1.82, 2.24) is 10.6 Å². The van der Waals surface area contributed by atoms with Crippen LogP contribution in [0.25, 0.3) is 0 Å². The summed E-state index contributed by atoms with van der Waals surface area (Å²) in [5.74, 6) is 1.08. The average Bonchev–Trinajstić information content (AvgIpc) is 2.72. The number of benzene rings is 2. The number of methoxy groups -OCH3 is 3. The number of amides is 3. The van der Waals surface area contributed by atoms with Crippen molar-refractivity contribution in [2.45, 2.75) is 13.0 Å². The number of nitrogens with one attached hydrogen (secondary N) is 3. The van der Waals surface area contributed by atoms with Crippen LogP contribution < -0.4 is 30.2 Å². The van der Waals surface area contributed by atoms with Gasteiger partial charge in [-0.3, -0.25) is 4.79 Å². The fourth-order valence-electron chi connectivity index (χ4n) is 2.58. The van der Waals surface area contributed by atoms with E-state index in [9.17, 15) is 9.59 Å². The summed E-state index contributed by atoms with van der Waals surface area (Å²) in [5, 5.41) is 8.52. The third-order valence-corrected chi connectivity index (χ3v) is 4.32. The van der Waals surface area contributed by atoms with E-state index >= 15 is 0 Å². The van der Waals surface area contributed by atoms with Crippen molar-refractivity contribution in [3.63, 3.8) is 0 Å². The highest BCUT2D eigenvalue weighted by atomic mass is 35.5. The molecule has 1 unspecified atom stereocenters. The van der Waals surface area contributed by atoms with Crippen molar-refractivity contribution in [2.75, 3.05) is 33.2 Å². The van der Waals surface area contributed by atoms with E-state index in [4.69, 9.17) is 25.8 Å². The average molecular weight is 422 g/mol.